The number of hydrogen-bond donors (Lipinski definition) is 0. The summed E-state index contributed by atoms with van der Waals surface area (Å²) >= 11 is 3.14. The molecule has 88 valence electrons. The van der Waals surface area contributed by atoms with Crippen molar-refractivity contribution in [3.8, 4) is 0 Å². The molecule has 5 heteroatoms. The Bertz CT molecular complexity index is 374. The van der Waals surface area contributed by atoms with E-state index >= 15 is 0 Å². The molecule has 0 amide bonds. The van der Waals surface area contributed by atoms with Crippen LogP contribution >= 0.6 is 15.9 Å². The number of carbonyl (C=O) groups excluding carboxylic acids is 1. The molecular formula is C11H13BrO4. The lowest BCUT2D eigenvalue weighted by atomic mass is 10.2. The monoisotopic (exact) mass is 288 g/mol. The van der Waals surface area contributed by atoms with Crippen molar-refractivity contribution in [2.45, 2.75) is 31.5 Å². The summed E-state index contributed by atoms with van der Waals surface area (Å²) in [5.74, 6) is -0.215. The molecule has 0 radical (unpaired) electrons. The molecular weight excluding hydrogens is 276 g/mol. The third kappa shape index (κ3) is 2.47. The Morgan fingerprint density at radius 3 is 2.81 bits per heavy atom. The normalized spacial score (nSPS) is 24.6. The maximum atomic E-state index is 11.7. The van der Waals surface area contributed by atoms with Gasteiger partial charge in [0.15, 0.2) is 4.67 Å². The van der Waals surface area contributed by atoms with Crippen molar-refractivity contribution in [3.63, 3.8) is 0 Å². The van der Waals surface area contributed by atoms with Crippen LogP contribution in [0.1, 0.15) is 29.8 Å². The zero-order valence-corrected chi connectivity index (χ0v) is 10.5. The average molecular weight is 289 g/mol. The molecule has 2 atom stereocenters. The Hall–Kier alpha value is -0.810. The van der Waals surface area contributed by atoms with Gasteiger partial charge in [0.1, 0.15) is 6.10 Å². The molecule has 4 nitrogen and oxygen atoms in total. The van der Waals surface area contributed by atoms with E-state index in [-0.39, 0.29) is 18.0 Å². The maximum absolute atomic E-state index is 11.7. The number of hydrogen-bond acceptors (Lipinski definition) is 4. The summed E-state index contributed by atoms with van der Waals surface area (Å²) in [5.41, 5.74) is 0. The summed E-state index contributed by atoms with van der Waals surface area (Å²) < 4.78 is 16.2. The van der Waals surface area contributed by atoms with Gasteiger partial charge in [-0.3, -0.25) is 0 Å². The number of ether oxygens (including phenoxy) is 2. The Labute approximate surface area is 102 Å². The van der Waals surface area contributed by atoms with Gasteiger partial charge in [0, 0.05) is 7.11 Å². The van der Waals surface area contributed by atoms with Crippen LogP contribution in [0.2, 0.25) is 0 Å². The molecule has 0 aliphatic heterocycles. The average Bonchev–Trinajstić information content (AvgIpc) is 2.86. The molecule has 1 aromatic heterocycles. The van der Waals surface area contributed by atoms with Crippen LogP contribution in [0.15, 0.2) is 21.2 Å². The lowest BCUT2D eigenvalue weighted by molar-refractivity contribution is -0.0227. The Morgan fingerprint density at radius 1 is 1.44 bits per heavy atom. The van der Waals surface area contributed by atoms with Crippen LogP contribution in [-0.2, 0) is 9.47 Å². The molecule has 0 bridgehead atoms. The van der Waals surface area contributed by atoms with Gasteiger partial charge in [0.2, 0.25) is 5.76 Å². The van der Waals surface area contributed by atoms with E-state index in [0.717, 1.165) is 19.3 Å². The summed E-state index contributed by atoms with van der Waals surface area (Å²) in [6, 6.07) is 3.25. The van der Waals surface area contributed by atoms with Gasteiger partial charge in [-0.2, -0.15) is 0 Å². The lowest BCUT2D eigenvalue weighted by Gasteiger charge is -2.17. The zero-order chi connectivity index (χ0) is 11.5. The van der Waals surface area contributed by atoms with Gasteiger partial charge in [-0.05, 0) is 47.3 Å². The highest BCUT2D eigenvalue weighted by molar-refractivity contribution is 9.10. The van der Waals surface area contributed by atoms with Crippen LogP contribution in [-0.4, -0.2) is 25.3 Å². The van der Waals surface area contributed by atoms with E-state index in [0.29, 0.717) is 4.67 Å². The van der Waals surface area contributed by atoms with Gasteiger partial charge in [0.25, 0.3) is 0 Å². The third-order valence-electron chi connectivity index (χ3n) is 2.73. The first-order chi connectivity index (χ1) is 7.70. The Morgan fingerprint density at radius 2 is 2.19 bits per heavy atom. The van der Waals surface area contributed by atoms with Crippen molar-refractivity contribution >= 4 is 21.9 Å². The molecule has 0 saturated heterocycles. The fraction of sp³-hybridized carbons (Fsp3) is 0.545. The van der Waals surface area contributed by atoms with Gasteiger partial charge in [-0.15, -0.1) is 0 Å². The van der Waals surface area contributed by atoms with Gasteiger partial charge >= 0.3 is 5.97 Å². The zero-order valence-electron chi connectivity index (χ0n) is 8.94. The molecule has 0 spiro atoms. The van der Waals surface area contributed by atoms with E-state index in [1.54, 1.807) is 19.2 Å². The molecule has 1 heterocycles. The number of halogens is 1. The number of esters is 1. The van der Waals surface area contributed by atoms with E-state index in [1.807, 2.05) is 0 Å². The van der Waals surface area contributed by atoms with Crippen molar-refractivity contribution in [2.75, 3.05) is 7.11 Å². The third-order valence-corrected chi connectivity index (χ3v) is 3.15. The fourth-order valence-corrected chi connectivity index (χ4v) is 2.22. The highest BCUT2D eigenvalue weighted by Crippen LogP contribution is 2.25. The lowest BCUT2D eigenvalue weighted by Crippen LogP contribution is -2.27. The van der Waals surface area contributed by atoms with Crippen LogP contribution in [0, 0.1) is 0 Å². The number of rotatable bonds is 3. The molecule has 2 rings (SSSR count). The minimum atomic E-state index is -0.431. The first kappa shape index (κ1) is 11.7. The van der Waals surface area contributed by atoms with Crippen LogP contribution < -0.4 is 0 Å². The molecule has 0 unspecified atom stereocenters. The molecule has 1 aromatic rings. The predicted molar refractivity (Wildman–Crippen MR) is 60.3 cm³/mol. The molecule has 1 aliphatic carbocycles. The maximum Gasteiger partial charge on any atom is 0.374 e. The van der Waals surface area contributed by atoms with E-state index < -0.39 is 5.97 Å². The first-order valence-electron chi connectivity index (χ1n) is 5.20. The van der Waals surface area contributed by atoms with Gasteiger partial charge in [-0.25, -0.2) is 4.79 Å². The number of methoxy groups -OCH3 is 1. The summed E-state index contributed by atoms with van der Waals surface area (Å²) in [4.78, 5) is 11.7. The minimum Gasteiger partial charge on any atom is -0.454 e. The first-order valence-corrected chi connectivity index (χ1v) is 5.99. The van der Waals surface area contributed by atoms with Crippen molar-refractivity contribution in [1.82, 2.24) is 0 Å². The van der Waals surface area contributed by atoms with Gasteiger partial charge in [-0.1, -0.05) is 0 Å². The van der Waals surface area contributed by atoms with E-state index in [9.17, 15) is 4.79 Å². The molecule has 16 heavy (non-hydrogen) atoms. The highest BCUT2D eigenvalue weighted by atomic mass is 79.9. The predicted octanol–water partition coefficient (Wildman–Crippen LogP) is 2.77. The highest BCUT2D eigenvalue weighted by Gasteiger charge is 2.31. The molecule has 1 fully saturated rings. The van der Waals surface area contributed by atoms with Crippen molar-refractivity contribution in [1.29, 1.82) is 0 Å². The molecule has 0 aromatic carbocycles. The standard InChI is InChI=1S/C11H13BrO4/c1-14-7-3-2-4-8(7)16-11(13)9-5-6-10(12)15-9/h5-8H,2-4H2,1H3/t7-,8-/m0/s1. The van der Waals surface area contributed by atoms with Crippen LogP contribution in [0.5, 0.6) is 0 Å². The van der Waals surface area contributed by atoms with Crippen molar-refractivity contribution in [2.24, 2.45) is 0 Å². The number of furan rings is 1. The Kier molecular flexibility index (Phi) is 3.66. The van der Waals surface area contributed by atoms with E-state index in [1.165, 1.54) is 0 Å². The second-order valence-corrected chi connectivity index (χ2v) is 4.53. The largest absolute Gasteiger partial charge is 0.454 e. The minimum absolute atomic E-state index is 0.0161. The summed E-state index contributed by atoms with van der Waals surface area (Å²) in [6.45, 7) is 0. The molecule has 1 aliphatic rings. The molecule has 0 N–H and O–H groups in total. The SMILES string of the molecule is CO[C@H]1CCC[C@@H]1OC(=O)c1ccc(Br)o1. The quantitative estimate of drug-likeness (QED) is 0.803. The summed E-state index contributed by atoms with van der Waals surface area (Å²) in [7, 11) is 1.64. The number of carbonyl (C=O) groups is 1. The van der Waals surface area contributed by atoms with Gasteiger partial charge in [0.05, 0.1) is 6.10 Å². The van der Waals surface area contributed by atoms with E-state index in [4.69, 9.17) is 13.9 Å². The summed E-state index contributed by atoms with van der Waals surface area (Å²) in [6.07, 6.45) is 2.68. The van der Waals surface area contributed by atoms with Crippen LogP contribution in [0.4, 0.5) is 0 Å². The van der Waals surface area contributed by atoms with Crippen molar-refractivity contribution in [3.05, 3.63) is 22.6 Å². The second kappa shape index (κ2) is 5.01. The van der Waals surface area contributed by atoms with Crippen LogP contribution in [0.25, 0.3) is 0 Å². The molecule has 1 saturated carbocycles. The fourth-order valence-electron chi connectivity index (χ4n) is 1.92. The van der Waals surface area contributed by atoms with Crippen molar-refractivity contribution < 1.29 is 18.7 Å². The topological polar surface area (TPSA) is 48.7 Å². The van der Waals surface area contributed by atoms with Crippen LogP contribution in [0.3, 0.4) is 0 Å². The Balaban J connectivity index is 1.97. The second-order valence-electron chi connectivity index (χ2n) is 3.75. The summed E-state index contributed by atoms with van der Waals surface area (Å²) in [5, 5.41) is 0. The smallest absolute Gasteiger partial charge is 0.374 e. The van der Waals surface area contributed by atoms with E-state index in [2.05, 4.69) is 15.9 Å². The van der Waals surface area contributed by atoms with Gasteiger partial charge < -0.3 is 13.9 Å².